The second kappa shape index (κ2) is 6.60. The maximum Gasteiger partial charge on any atom is 0.338 e. The van der Waals surface area contributed by atoms with Gasteiger partial charge in [-0.15, -0.1) is 0 Å². The highest BCUT2D eigenvalue weighted by molar-refractivity contribution is 6.32. The molecule has 1 aromatic carbocycles. The number of nitrogens with zero attached hydrogens (tertiary/aromatic N) is 4. The Morgan fingerprint density at radius 1 is 1.48 bits per heavy atom. The highest BCUT2D eigenvalue weighted by Crippen LogP contribution is 2.41. The third-order valence-corrected chi connectivity index (χ3v) is 4.07. The monoisotopic (exact) mass is 365 g/mol. The molecule has 2 N–H and O–H groups in total. The number of anilines is 1. The molecule has 0 saturated heterocycles. The van der Waals surface area contributed by atoms with Gasteiger partial charge in [-0.25, -0.2) is 4.79 Å². The van der Waals surface area contributed by atoms with Gasteiger partial charge in [0.15, 0.2) is 11.5 Å². The molecule has 1 atom stereocenters. The zero-order chi connectivity index (χ0) is 18.1. The molecule has 1 aromatic heterocycles. The number of ether oxygens (including phenoxy) is 2. The van der Waals surface area contributed by atoms with Gasteiger partial charge in [-0.1, -0.05) is 16.7 Å². The van der Waals surface area contributed by atoms with Crippen molar-refractivity contribution in [1.29, 1.82) is 0 Å². The number of nitrogens with one attached hydrogen (secondary N) is 1. The molecule has 25 heavy (non-hydrogen) atoms. The second-order valence-electron chi connectivity index (χ2n) is 5.29. The minimum absolute atomic E-state index is 0.0935. The fraction of sp³-hybridized carbons (Fsp3) is 0.333. The van der Waals surface area contributed by atoms with Crippen LogP contribution in [0.3, 0.4) is 0 Å². The van der Waals surface area contributed by atoms with Crippen molar-refractivity contribution in [2.75, 3.05) is 19.0 Å². The lowest BCUT2D eigenvalue weighted by Crippen LogP contribution is -2.29. The van der Waals surface area contributed by atoms with Crippen molar-refractivity contribution < 1.29 is 19.4 Å². The van der Waals surface area contributed by atoms with Crippen LogP contribution in [-0.4, -0.2) is 45.0 Å². The van der Waals surface area contributed by atoms with Crippen LogP contribution in [-0.2, 0) is 9.53 Å². The summed E-state index contributed by atoms with van der Waals surface area (Å²) in [6.07, 6.45) is 0. The van der Waals surface area contributed by atoms with E-state index in [2.05, 4.69) is 20.8 Å². The number of halogens is 1. The number of esters is 1. The van der Waals surface area contributed by atoms with Crippen LogP contribution < -0.4 is 10.1 Å². The summed E-state index contributed by atoms with van der Waals surface area (Å²) in [5.74, 6) is -0.117. The van der Waals surface area contributed by atoms with Crippen molar-refractivity contribution in [3.05, 3.63) is 34.0 Å². The molecular formula is C15H16ClN5O4. The number of benzene rings is 1. The Balaban J connectivity index is 2.21. The number of aromatic nitrogens is 4. The molecule has 1 aliphatic heterocycles. The summed E-state index contributed by atoms with van der Waals surface area (Å²) in [5, 5.41) is 24.6. The number of rotatable bonds is 4. The van der Waals surface area contributed by atoms with E-state index in [0.717, 1.165) is 0 Å². The normalized spacial score (nSPS) is 16.2. The molecule has 9 nitrogen and oxygen atoms in total. The number of aromatic hydroxyl groups is 1. The molecule has 0 fully saturated rings. The van der Waals surface area contributed by atoms with E-state index >= 15 is 0 Å². The summed E-state index contributed by atoms with van der Waals surface area (Å²) in [4.78, 5) is 12.3. The molecule has 0 radical (unpaired) electrons. The predicted octanol–water partition coefficient (Wildman–Crippen LogP) is 1.89. The van der Waals surface area contributed by atoms with Crippen LogP contribution in [0.25, 0.3) is 0 Å². The lowest BCUT2D eigenvalue weighted by Gasteiger charge is -2.27. The number of carbonyl (C=O) groups is 1. The van der Waals surface area contributed by atoms with Gasteiger partial charge in [-0.3, -0.25) is 0 Å². The molecule has 0 bridgehead atoms. The van der Waals surface area contributed by atoms with Gasteiger partial charge in [-0.05, 0) is 42.0 Å². The Kier molecular flexibility index (Phi) is 4.49. The number of carbonyl (C=O) groups excluding carboxylic acids is 1. The molecule has 1 aliphatic rings. The number of tetrazole rings is 1. The Morgan fingerprint density at radius 3 is 2.92 bits per heavy atom. The summed E-state index contributed by atoms with van der Waals surface area (Å²) in [6, 6.07) is 2.45. The van der Waals surface area contributed by atoms with Crippen molar-refractivity contribution in [2.24, 2.45) is 0 Å². The first-order valence-corrected chi connectivity index (χ1v) is 7.84. The maximum atomic E-state index is 12.3. The van der Waals surface area contributed by atoms with E-state index in [9.17, 15) is 9.90 Å². The zero-order valence-electron chi connectivity index (χ0n) is 13.8. The molecule has 132 valence electrons. The van der Waals surface area contributed by atoms with Gasteiger partial charge in [0.2, 0.25) is 5.95 Å². The Hall–Kier alpha value is -2.81. The first kappa shape index (κ1) is 17.0. The summed E-state index contributed by atoms with van der Waals surface area (Å²) >= 11 is 6.13. The van der Waals surface area contributed by atoms with Gasteiger partial charge in [0.1, 0.15) is 6.04 Å². The average molecular weight is 366 g/mol. The maximum absolute atomic E-state index is 12.3. The van der Waals surface area contributed by atoms with E-state index in [0.29, 0.717) is 29.4 Å². The number of methoxy groups -OCH3 is 1. The van der Waals surface area contributed by atoms with Gasteiger partial charge in [-0.2, -0.15) is 4.68 Å². The number of hydrogen-bond acceptors (Lipinski definition) is 8. The first-order chi connectivity index (χ1) is 12.0. The molecule has 10 heteroatoms. The Bertz CT molecular complexity index is 864. The molecule has 0 amide bonds. The molecule has 1 unspecified atom stereocenters. The van der Waals surface area contributed by atoms with Crippen LogP contribution in [0.1, 0.15) is 25.5 Å². The minimum Gasteiger partial charge on any atom is -0.503 e. The fourth-order valence-electron chi connectivity index (χ4n) is 2.71. The zero-order valence-corrected chi connectivity index (χ0v) is 14.5. The predicted molar refractivity (Wildman–Crippen MR) is 88.6 cm³/mol. The summed E-state index contributed by atoms with van der Waals surface area (Å²) < 4.78 is 11.8. The lowest BCUT2D eigenvalue weighted by atomic mass is 9.95. The van der Waals surface area contributed by atoms with Crippen LogP contribution in [0, 0.1) is 0 Å². The number of phenols is 1. The first-order valence-electron chi connectivity index (χ1n) is 7.47. The van der Waals surface area contributed by atoms with E-state index in [-0.39, 0.29) is 16.5 Å². The number of hydrogen-bond donors (Lipinski definition) is 2. The van der Waals surface area contributed by atoms with Crippen LogP contribution in [0.4, 0.5) is 5.95 Å². The van der Waals surface area contributed by atoms with Crippen molar-refractivity contribution in [3.8, 4) is 11.5 Å². The third-order valence-electron chi connectivity index (χ3n) is 3.79. The topological polar surface area (TPSA) is 111 Å². The van der Waals surface area contributed by atoms with Gasteiger partial charge >= 0.3 is 5.97 Å². The third kappa shape index (κ3) is 2.86. The lowest BCUT2D eigenvalue weighted by molar-refractivity contribution is -0.136. The Morgan fingerprint density at radius 2 is 2.24 bits per heavy atom. The van der Waals surface area contributed by atoms with Gasteiger partial charge < -0.3 is 19.9 Å². The quantitative estimate of drug-likeness (QED) is 0.790. The van der Waals surface area contributed by atoms with Crippen LogP contribution in [0.5, 0.6) is 11.5 Å². The fourth-order valence-corrected chi connectivity index (χ4v) is 2.93. The standard InChI is InChI=1S/C15H16ClN5O4/c1-4-25-10-6-8(5-9(16)13(10)22)12-11(14(23)24-3)7(2)17-15-18-19-20-21(12)15/h5-6,12,22H,4H2,1-3H3,(H,17,18,20). The molecule has 2 aromatic rings. The number of phenolic OH excluding ortho intramolecular Hbond substituents is 1. The van der Waals surface area contributed by atoms with Crippen molar-refractivity contribution >= 4 is 23.5 Å². The molecule has 3 rings (SSSR count). The van der Waals surface area contributed by atoms with E-state index in [1.807, 2.05) is 0 Å². The van der Waals surface area contributed by atoms with Gasteiger partial charge in [0.05, 0.1) is 24.3 Å². The number of allylic oxidation sites excluding steroid dienone is 1. The minimum atomic E-state index is -0.684. The van der Waals surface area contributed by atoms with Crippen LogP contribution in [0.2, 0.25) is 5.02 Å². The molecule has 0 saturated carbocycles. The van der Waals surface area contributed by atoms with Crippen molar-refractivity contribution in [1.82, 2.24) is 20.2 Å². The molecule has 2 heterocycles. The summed E-state index contributed by atoms with van der Waals surface area (Å²) in [7, 11) is 1.30. The highest BCUT2D eigenvalue weighted by Gasteiger charge is 2.35. The van der Waals surface area contributed by atoms with Gasteiger partial charge in [0.25, 0.3) is 0 Å². The largest absolute Gasteiger partial charge is 0.503 e. The molecule has 0 spiro atoms. The summed E-state index contributed by atoms with van der Waals surface area (Å²) in [6.45, 7) is 3.85. The number of fused-ring (bicyclic) bond motifs is 1. The summed E-state index contributed by atoms with van der Waals surface area (Å²) in [5.41, 5.74) is 1.45. The van der Waals surface area contributed by atoms with Gasteiger partial charge in [0, 0.05) is 5.70 Å². The van der Waals surface area contributed by atoms with E-state index in [1.54, 1.807) is 19.9 Å². The van der Waals surface area contributed by atoms with E-state index < -0.39 is 12.0 Å². The van der Waals surface area contributed by atoms with E-state index in [4.69, 9.17) is 21.1 Å². The van der Waals surface area contributed by atoms with Crippen LogP contribution >= 0.6 is 11.6 Å². The smallest absolute Gasteiger partial charge is 0.338 e. The Labute approximate surface area is 148 Å². The van der Waals surface area contributed by atoms with Crippen LogP contribution in [0.15, 0.2) is 23.4 Å². The average Bonchev–Trinajstić information content (AvgIpc) is 3.04. The molecular weight excluding hydrogens is 350 g/mol. The van der Waals surface area contributed by atoms with Crippen molar-refractivity contribution in [3.63, 3.8) is 0 Å². The van der Waals surface area contributed by atoms with Crippen molar-refractivity contribution in [2.45, 2.75) is 19.9 Å². The second-order valence-corrected chi connectivity index (χ2v) is 5.69. The molecule has 0 aliphatic carbocycles. The van der Waals surface area contributed by atoms with E-state index in [1.165, 1.54) is 17.9 Å². The highest BCUT2D eigenvalue weighted by atomic mass is 35.5. The SMILES string of the molecule is CCOc1cc(C2C(C(=O)OC)=C(C)Nc3nnnn32)cc(Cl)c1O.